The van der Waals surface area contributed by atoms with E-state index in [0.717, 1.165) is 41.5 Å². The predicted molar refractivity (Wildman–Crippen MR) is 86.0 cm³/mol. The number of aromatic nitrogens is 2. The third-order valence-corrected chi connectivity index (χ3v) is 3.64. The Morgan fingerprint density at radius 1 is 1.29 bits per heavy atom. The fourth-order valence-corrected chi connectivity index (χ4v) is 2.57. The fourth-order valence-electron chi connectivity index (χ4n) is 2.45. The van der Waals surface area contributed by atoms with Crippen LogP contribution in [0.25, 0.3) is 0 Å². The van der Waals surface area contributed by atoms with Gasteiger partial charge in [0.05, 0.1) is 19.3 Å². The number of nitrogens with zero attached hydrogens (tertiary/aromatic N) is 2. The standard InChI is InChI=1S/C16H22ClN3O/c1-4-10-20-16(14(21-3)11-19-20)15(18-5-2)12-6-8-13(17)9-7-12/h6-9,11,15,18H,4-5,10H2,1-3H3. The Balaban J connectivity index is 2.46. The van der Waals surface area contributed by atoms with E-state index >= 15 is 0 Å². The Morgan fingerprint density at radius 2 is 2.00 bits per heavy atom. The van der Waals surface area contributed by atoms with Crippen LogP contribution in [0.2, 0.25) is 5.02 Å². The van der Waals surface area contributed by atoms with E-state index < -0.39 is 0 Å². The van der Waals surface area contributed by atoms with Crippen LogP contribution in [0.3, 0.4) is 0 Å². The number of hydrogen-bond donors (Lipinski definition) is 1. The molecule has 0 fully saturated rings. The van der Waals surface area contributed by atoms with Crippen LogP contribution in [-0.2, 0) is 6.54 Å². The number of aryl methyl sites for hydroxylation is 1. The first kappa shape index (κ1) is 15.9. The molecule has 2 aromatic rings. The van der Waals surface area contributed by atoms with Gasteiger partial charge in [0.25, 0.3) is 0 Å². The summed E-state index contributed by atoms with van der Waals surface area (Å²) in [5.41, 5.74) is 2.21. The minimum atomic E-state index is 0.0382. The summed E-state index contributed by atoms with van der Waals surface area (Å²) in [4.78, 5) is 0. The maximum Gasteiger partial charge on any atom is 0.161 e. The fraction of sp³-hybridized carbons (Fsp3) is 0.438. The van der Waals surface area contributed by atoms with Crippen molar-refractivity contribution in [1.29, 1.82) is 0 Å². The van der Waals surface area contributed by atoms with E-state index in [1.807, 2.05) is 28.9 Å². The maximum atomic E-state index is 6.00. The van der Waals surface area contributed by atoms with E-state index in [1.165, 1.54) is 0 Å². The van der Waals surface area contributed by atoms with Gasteiger partial charge in [-0.2, -0.15) is 5.10 Å². The average molecular weight is 308 g/mol. The topological polar surface area (TPSA) is 39.1 Å². The Labute approximate surface area is 131 Å². The molecule has 1 unspecified atom stereocenters. The van der Waals surface area contributed by atoms with Gasteiger partial charge < -0.3 is 10.1 Å². The molecule has 0 aliphatic rings. The van der Waals surface area contributed by atoms with Crippen molar-refractivity contribution in [2.24, 2.45) is 0 Å². The van der Waals surface area contributed by atoms with Crippen molar-refractivity contribution in [3.8, 4) is 5.75 Å². The summed E-state index contributed by atoms with van der Waals surface area (Å²) in [6.07, 6.45) is 2.81. The van der Waals surface area contributed by atoms with E-state index in [9.17, 15) is 0 Å². The lowest BCUT2D eigenvalue weighted by Crippen LogP contribution is -2.25. The highest BCUT2D eigenvalue weighted by atomic mass is 35.5. The maximum absolute atomic E-state index is 6.00. The summed E-state index contributed by atoms with van der Waals surface area (Å²) in [5, 5.41) is 8.70. The summed E-state index contributed by atoms with van der Waals surface area (Å²) in [6, 6.07) is 7.94. The van der Waals surface area contributed by atoms with Crippen molar-refractivity contribution < 1.29 is 4.74 Å². The van der Waals surface area contributed by atoms with E-state index in [1.54, 1.807) is 13.3 Å². The zero-order chi connectivity index (χ0) is 15.2. The molecule has 0 saturated heterocycles. The quantitative estimate of drug-likeness (QED) is 0.848. The molecule has 0 bridgehead atoms. The highest BCUT2D eigenvalue weighted by molar-refractivity contribution is 6.30. The Hall–Kier alpha value is -1.52. The zero-order valence-electron chi connectivity index (χ0n) is 12.8. The number of rotatable bonds is 7. The summed E-state index contributed by atoms with van der Waals surface area (Å²) in [7, 11) is 1.68. The lowest BCUT2D eigenvalue weighted by molar-refractivity contribution is 0.398. The third-order valence-electron chi connectivity index (χ3n) is 3.39. The largest absolute Gasteiger partial charge is 0.493 e. The van der Waals surface area contributed by atoms with Gasteiger partial charge in [-0.1, -0.05) is 37.6 Å². The zero-order valence-corrected chi connectivity index (χ0v) is 13.5. The van der Waals surface area contributed by atoms with Gasteiger partial charge >= 0.3 is 0 Å². The Morgan fingerprint density at radius 3 is 2.57 bits per heavy atom. The Bertz CT molecular complexity index is 565. The molecular weight excluding hydrogens is 286 g/mol. The molecule has 0 spiro atoms. The molecule has 1 aromatic carbocycles. The van der Waals surface area contributed by atoms with Gasteiger partial charge in [0, 0.05) is 11.6 Å². The smallest absolute Gasteiger partial charge is 0.161 e. The second-order valence-electron chi connectivity index (χ2n) is 4.86. The minimum absolute atomic E-state index is 0.0382. The average Bonchev–Trinajstić information content (AvgIpc) is 2.89. The molecule has 0 aliphatic carbocycles. The van der Waals surface area contributed by atoms with Crippen molar-refractivity contribution in [2.75, 3.05) is 13.7 Å². The van der Waals surface area contributed by atoms with Gasteiger partial charge in [-0.05, 0) is 30.7 Å². The monoisotopic (exact) mass is 307 g/mol. The van der Waals surface area contributed by atoms with Crippen molar-refractivity contribution in [1.82, 2.24) is 15.1 Å². The summed E-state index contributed by atoms with van der Waals surface area (Å²) in [5.74, 6) is 0.810. The van der Waals surface area contributed by atoms with Crippen molar-refractivity contribution >= 4 is 11.6 Å². The normalized spacial score (nSPS) is 12.4. The molecule has 0 saturated carbocycles. The SMILES string of the molecule is CCCn1ncc(OC)c1C(NCC)c1ccc(Cl)cc1. The molecule has 2 rings (SSSR count). The van der Waals surface area contributed by atoms with Crippen LogP contribution < -0.4 is 10.1 Å². The molecule has 1 atom stereocenters. The lowest BCUT2D eigenvalue weighted by Gasteiger charge is -2.21. The van der Waals surface area contributed by atoms with Crippen LogP contribution in [0.5, 0.6) is 5.75 Å². The van der Waals surface area contributed by atoms with Crippen LogP contribution in [0.4, 0.5) is 0 Å². The molecule has 4 nitrogen and oxygen atoms in total. The van der Waals surface area contributed by atoms with Crippen LogP contribution in [0, 0.1) is 0 Å². The van der Waals surface area contributed by atoms with Crippen LogP contribution in [-0.4, -0.2) is 23.4 Å². The van der Waals surface area contributed by atoms with Gasteiger partial charge in [-0.3, -0.25) is 4.68 Å². The van der Waals surface area contributed by atoms with Crippen molar-refractivity contribution in [3.63, 3.8) is 0 Å². The molecule has 1 heterocycles. The highest BCUT2D eigenvalue weighted by Gasteiger charge is 2.22. The van der Waals surface area contributed by atoms with E-state index in [0.29, 0.717) is 0 Å². The molecule has 21 heavy (non-hydrogen) atoms. The summed E-state index contributed by atoms with van der Waals surface area (Å²) < 4.78 is 7.51. The van der Waals surface area contributed by atoms with E-state index in [2.05, 4.69) is 24.3 Å². The van der Waals surface area contributed by atoms with Crippen LogP contribution in [0.15, 0.2) is 30.5 Å². The van der Waals surface area contributed by atoms with Crippen LogP contribution >= 0.6 is 11.6 Å². The van der Waals surface area contributed by atoms with Gasteiger partial charge in [-0.25, -0.2) is 0 Å². The van der Waals surface area contributed by atoms with E-state index in [4.69, 9.17) is 16.3 Å². The predicted octanol–water partition coefficient (Wildman–Crippen LogP) is 3.65. The van der Waals surface area contributed by atoms with Gasteiger partial charge in [0.15, 0.2) is 5.75 Å². The number of nitrogens with one attached hydrogen (secondary N) is 1. The molecule has 114 valence electrons. The molecule has 1 N–H and O–H groups in total. The highest BCUT2D eigenvalue weighted by Crippen LogP contribution is 2.30. The number of hydrogen-bond acceptors (Lipinski definition) is 3. The number of methoxy groups -OCH3 is 1. The Kier molecular flexibility index (Phi) is 5.65. The summed E-state index contributed by atoms with van der Waals surface area (Å²) >= 11 is 6.00. The molecule has 0 amide bonds. The number of benzene rings is 1. The van der Waals surface area contributed by atoms with E-state index in [-0.39, 0.29) is 6.04 Å². The minimum Gasteiger partial charge on any atom is -0.493 e. The van der Waals surface area contributed by atoms with Crippen LogP contribution in [0.1, 0.15) is 37.6 Å². The first-order chi connectivity index (χ1) is 10.2. The van der Waals surface area contributed by atoms with Gasteiger partial charge in [-0.15, -0.1) is 0 Å². The molecule has 5 heteroatoms. The second-order valence-corrected chi connectivity index (χ2v) is 5.30. The molecule has 0 radical (unpaired) electrons. The molecule has 1 aromatic heterocycles. The van der Waals surface area contributed by atoms with Gasteiger partial charge in [0.2, 0.25) is 0 Å². The first-order valence-corrected chi connectivity index (χ1v) is 7.67. The number of ether oxygens (including phenoxy) is 1. The van der Waals surface area contributed by atoms with Crippen molar-refractivity contribution in [2.45, 2.75) is 32.9 Å². The third kappa shape index (κ3) is 3.57. The molecule has 0 aliphatic heterocycles. The number of halogens is 1. The first-order valence-electron chi connectivity index (χ1n) is 7.29. The van der Waals surface area contributed by atoms with Gasteiger partial charge in [0.1, 0.15) is 5.69 Å². The lowest BCUT2D eigenvalue weighted by atomic mass is 10.0. The van der Waals surface area contributed by atoms with Crippen molar-refractivity contribution in [3.05, 3.63) is 46.7 Å². The molecular formula is C16H22ClN3O. The second kappa shape index (κ2) is 7.48. The summed E-state index contributed by atoms with van der Waals surface area (Å²) in [6.45, 7) is 5.96.